The molecule has 1 saturated heterocycles. The van der Waals surface area contributed by atoms with Crippen LogP contribution in [0.15, 0.2) is 36.7 Å². The third-order valence-electron chi connectivity index (χ3n) is 5.60. The molecule has 1 N–H and O–H groups in total. The molecule has 2 heterocycles. The van der Waals surface area contributed by atoms with E-state index in [1.165, 1.54) is 25.6 Å². The Kier molecular flexibility index (Phi) is 8.04. The molecule has 0 atom stereocenters. The maximum absolute atomic E-state index is 13.6. The lowest BCUT2D eigenvalue weighted by Crippen LogP contribution is -2.41. The second-order valence-electron chi connectivity index (χ2n) is 7.91. The Morgan fingerprint density at radius 1 is 1.14 bits per heavy atom. The van der Waals surface area contributed by atoms with Gasteiger partial charge in [-0.3, -0.25) is 0 Å². The number of carbonyl (C=O) groups excluding carboxylic acids is 1. The third-order valence-corrected chi connectivity index (χ3v) is 5.89. The standard InChI is InChI=1S/C24H26ClFN4O5/c1-32-9-10-34-21-13-20-17(12-22(21)35-16-5-7-30(8-6-16)24(31)33-2)23(28-14-27-20)29-15-3-4-19(26)18(25)11-15/h3-4,11-14,16H,5-10H2,1-2H3,(H,27,28,29). The van der Waals surface area contributed by atoms with Crippen molar-refractivity contribution in [2.24, 2.45) is 0 Å². The fourth-order valence-electron chi connectivity index (χ4n) is 3.78. The predicted molar refractivity (Wildman–Crippen MR) is 129 cm³/mol. The van der Waals surface area contributed by atoms with E-state index >= 15 is 0 Å². The van der Waals surface area contributed by atoms with Crippen LogP contribution in [0.3, 0.4) is 0 Å². The Morgan fingerprint density at radius 3 is 2.66 bits per heavy atom. The van der Waals surface area contributed by atoms with Gasteiger partial charge in [-0.1, -0.05) is 11.6 Å². The molecule has 2 aromatic carbocycles. The molecule has 186 valence electrons. The van der Waals surface area contributed by atoms with Crippen LogP contribution in [0.5, 0.6) is 11.5 Å². The highest BCUT2D eigenvalue weighted by Crippen LogP contribution is 2.36. The Labute approximate surface area is 207 Å². The summed E-state index contributed by atoms with van der Waals surface area (Å²) in [4.78, 5) is 22.2. The second-order valence-corrected chi connectivity index (χ2v) is 8.32. The Bertz CT molecular complexity index is 1190. The van der Waals surface area contributed by atoms with Crippen LogP contribution in [0.25, 0.3) is 10.9 Å². The van der Waals surface area contributed by atoms with Gasteiger partial charge in [-0.25, -0.2) is 19.2 Å². The number of hydrogen-bond acceptors (Lipinski definition) is 8. The van der Waals surface area contributed by atoms with Gasteiger partial charge in [-0.2, -0.15) is 0 Å². The number of nitrogens with zero attached hydrogens (tertiary/aromatic N) is 3. The van der Waals surface area contributed by atoms with Crippen LogP contribution in [0.4, 0.5) is 20.7 Å². The lowest BCUT2D eigenvalue weighted by atomic mass is 10.1. The smallest absolute Gasteiger partial charge is 0.409 e. The molecule has 1 aliphatic rings. The number of fused-ring (bicyclic) bond motifs is 1. The van der Waals surface area contributed by atoms with Gasteiger partial charge in [0.1, 0.15) is 30.7 Å². The lowest BCUT2D eigenvalue weighted by Gasteiger charge is -2.31. The number of hydrogen-bond donors (Lipinski definition) is 1. The number of methoxy groups -OCH3 is 2. The van der Waals surface area contributed by atoms with Crippen molar-refractivity contribution in [3.05, 3.63) is 47.5 Å². The number of ether oxygens (including phenoxy) is 4. The zero-order valence-electron chi connectivity index (χ0n) is 19.4. The van der Waals surface area contributed by atoms with Crippen molar-refractivity contribution in [2.75, 3.05) is 45.8 Å². The Morgan fingerprint density at radius 2 is 1.94 bits per heavy atom. The fraction of sp³-hybridized carbons (Fsp3) is 0.375. The first-order chi connectivity index (χ1) is 17.0. The average molecular weight is 505 g/mol. The molecular formula is C24H26ClFN4O5. The van der Waals surface area contributed by atoms with E-state index in [-0.39, 0.29) is 17.2 Å². The van der Waals surface area contributed by atoms with E-state index < -0.39 is 5.82 Å². The third kappa shape index (κ3) is 6.01. The van der Waals surface area contributed by atoms with Crippen LogP contribution in [0.1, 0.15) is 12.8 Å². The number of halogens is 2. The molecule has 1 amide bonds. The van der Waals surface area contributed by atoms with Crippen molar-refractivity contribution in [1.82, 2.24) is 14.9 Å². The maximum Gasteiger partial charge on any atom is 0.409 e. The second kappa shape index (κ2) is 11.4. The number of carbonyl (C=O) groups is 1. The van der Waals surface area contributed by atoms with Gasteiger partial charge in [0.25, 0.3) is 0 Å². The number of likely N-dealkylation sites (tertiary alicyclic amines) is 1. The minimum atomic E-state index is -0.503. The van der Waals surface area contributed by atoms with E-state index in [2.05, 4.69) is 15.3 Å². The van der Waals surface area contributed by atoms with Gasteiger partial charge in [0, 0.05) is 50.2 Å². The number of piperidine rings is 1. The first-order valence-electron chi connectivity index (χ1n) is 11.1. The normalized spacial score (nSPS) is 14.1. The van der Waals surface area contributed by atoms with Crippen LogP contribution < -0.4 is 14.8 Å². The highest BCUT2D eigenvalue weighted by molar-refractivity contribution is 6.31. The number of benzene rings is 2. The van der Waals surface area contributed by atoms with Gasteiger partial charge in [0.15, 0.2) is 11.5 Å². The summed E-state index contributed by atoms with van der Waals surface area (Å²) in [5.74, 6) is 1.06. The summed E-state index contributed by atoms with van der Waals surface area (Å²) in [5.41, 5.74) is 1.21. The molecule has 0 bridgehead atoms. The fourth-order valence-corrected chi connectivity index (χ4v) is 3.96. The van der Waals surface area contributed by atoms with Crippen LogP contribution in [-0.4, -0.2) is 67.6 Å². The monoisotopic (exact) mass is 504 g/mol. The Hall–Kier alpha value is -3.37. The Balaban J connectivity index is 1.61. The summed E-state index contributed by atoms with van der Waals surface area (Å²) < 4.78 is 35.7. The predicted octanol–water partition coefficient (Wildman–Crippen LogP) is 4.80. The van der Waals surface area contributed by atoms with Gasteiger partial charge < -0.3 is 29.2 Å². The van der Waals surface area contributed by atoms with Crippen LogP contribution in [0, 0.1) is 5.82 Å². The van der Waals surface area contributed by atoms with Crippen molar-refractivity contribution < 1.29 is 28.1 Å². The molecular weight excluding hydrogens is 479 g/mol. The number of aromatic nitrogens is 2. The molecule has 3 aromatic rings. The maximum atomic E-state index is 13.6. The number of amides is 1. The highest BCUT2D eigenvalue weighted by Gasteiger charge is 2.25. The number of rotatable bonds is 8. The topological polar surface area (TPSA) is 95.0 Å². The van der Waals surface area contributed by atoms with E-state index in [9.17, 15) is 9.18 Å². The first kappa shape index (κ1) is 24.7. The largest absolute Gasteiger partial charge is 0.487 e. The zero-order chi connectivity index (χ0) is 24.8. The highest BCUT2D eigenvalue weighted by atomic mass is 35.5. The summed E-state index contributed by atoms with van der Waals surface area (Å²) in [6.45, 7) is 1.82. The minimum absolute atomic E-state index is 0.00418. The van der Waals surface area contributed by atoms with Crippen molar-refractivity contribution in [2.45, 2.75) is 18.9 Å². The molecule has 11 heteroatoms. The molecule has 1 aromatic heterocycles. The van der Waals surface area contributed by atoms with E-state index in [4.69, 9.17) is 30.5 Å². The average Bonchev–Trinajstić information content (AvgIpc) is 2.87. The van der Waals surface area contributed by atoms with Gasteiger partial charge in [0.2, 0.25) is 0 Å². The minimum Gasteiger partial charge on any atom is -0.487 e. The lowest BCUT2D eigenvalue weighted by molar-refractivity contribution is 0.0766. The van der Waals surface area contributed by atoms with Crippen LogP contribution >= 0.6 is 11.6 Å². The van der Waals surface area contributed by atoms with Crippen molar-refractivity contribution in [3.63, 3.8) is 0 Å². The summed E-state index contributed by atoms with van der Waals surface area (Å²) >= 11 is 5.93. The number of anilines is 2. The molecule has 4 rings (SSSR count). The molecule has 0 saturated carbocycles. The number of nitrogens with one attached hydrogen (secondary N) is 1. The molecule has 1 aliphatic heterocycles. The van der Waals surface area contributed by atoms with E-state index in [1.807, 2.05) is 6.07 Å². The van der Waals surface area contributed by atoms with Crippen molar-refractivity contribution >= 4 is 40.1 Å². The molecule has 0 unspecified atom stereocenters. The van der Waals surface area contributed by atoms with E-state index in [0.717, 1.165) is 0 Å². The summed E-state index contributed by atoms with van der Waals surface area (Å²) in [6.07, 6.45) is 2.27. The van der Waals surface area contributed by atoms with E-state index in [1.54, 1.807) is 24.1 Å². The van der Waals surface area contributed by atoms with Gasteiger partial charge in [0.05, 0.1) is 24.3 Å². The molecule has 35 heavy (non-hydrogen) atoms. The summed E-state index contributed by atoms with van der Waals surface area (Å²) in [5, 5.41) is 3.86. The van der Waals surface area contributed by atoms with Crippen LogP contribution in [-0.2, 0) is 9.47 Å². The molecule has 0 aliphatic carbocycles. The van der Waals surface area contributed by atoms with Gasteiger partial charge >= 0.3 is 6.09 Å². The van der Waals surface area contributed by atoms with Crippen molar-refractivity contribution in [1.29, 1.82) is 0 Å². The van der Waals surface area contributed by atoms with Crippen molar-refractivity contribution in [3.8, 4) is 11.5 Å². The zero-order valence-corrected chi connectivity index (χ0v) is 20.2. The molecule has 1 fully saturated rings. The van der Waals surface area contributed by atoms with Gasteiger partial charge in [-0.15, -0.1) is 0 Å². The van der Waals surface area contributed by atoms with Gasteiger partial charge in [-0.05, 0) is 24.3 Å². The van der Waals surface area contributed by atoms with Crippen LogP contribution in [0.2, 0.25) is 5.02 Å². The summed E-state index contributed by atoms with van der Waals surface area (Å²) in [6, 6.07) is 7.94. The SMILES string of the molecule is COCCOc1cc2ncnc(Nc3ccc(F)c(Cl)c3)c2cc1OC1CCN(C(=O)OC)CC1. The molecule has 0 radical (unpaired) electrons. The first-order valence-corrected chi connectivity index (χ1v) is 11.5. The quantitative estimate of drug-likeness (QED) is 0.437. The summed E-state index contributed by atoms with van der Waals surface area (Å²) in [7, 11) is 2.97. The van der Waals surface area contributed by atoms with E-state index in [0.29, 0.717) is 73.1 Å². The molecule has 0 spiro atoms. The molecule has 9 nitrogen and oxygen atoms in total.